The van der Waals surface area contributed by atoms with Gasteiger partial charge in [0.15, 0.2) is 0 Å². The highest BCUT2D eigenvalue weighted by Crippen LogP contribution is 2.02. The molecule has 0 fully saturated rings. The predicted molar refractivity (Wildman–Crippen MR) is 68.6 cm³/mol. The van der Waals surface area contributed by atoms with Crippen LogP contribution in [0.2, 0.25) is 0 Å². The summed E-state index contributed by atoms with van der Waals surface area (Å²) < 4.78 is 2.04. The van der Waals surface area contributed by atoms with E-state index in [4.69, 9.17) is 0 Å². The van der Waals surface area contributed by atoms with Crippen molar-refractivity contribution in [2.24, 2.45) is 0 Å². The third-order valence-electron chi connectivity index (χ3n) is 2.64. The molecule has 0 spiro atoms. The first-order valence-corrected chi connectivity index (χ1v) is 6.42. The van der Waals surface area contributed by atoms with Gasteiger partial charge in [-0.15, -0.1) is 0 Å². The van der Waals surface area contributed by atoms with Crippen LogP contribution in [-0.4, -0.2) is 22.4 Å². The van der Waals surface area contributed by atoms with Crippen LogP contribution in [-0.2, 0) is 6.54 Å². The number of unbranched alkanes of at least 4 members (excludes halogenated alkanes) is 3. The van der Waals surface area contributed by atoms with Crippen molar-refractivity contribution in [2.75, 3.05) is 6.54 Å². The molecule has 0 aliphatic heterocycles. The maximum atomic E-state index is 4.37. The van der Waals surface area contributed by atoms with Gasteiger partial charge in [0, 0.05) is 18.8 Å². The van der Waals surface area contributed by atoms with Gasteiger partial charge in [-0.1, -0.05) is 26.7 Å². The summed E-state index contributed by atoms with van der Waals surface area (Å²) in [6.45, 7) is 8.64. The fourth-order valence-corrected chi connectivity index (χ4v) is 1.73. The number of nitrogens with zero attached hydrogens (tertiary/aromatic N) is 2. The predicted octanol–water partition coefficient (Wildman–Crippen LogP) is 2.75. The molecule has 92 valence electrons. The zero-order valence-electron chi connectivity index (χ0n) is 10.9. The van der Waals surface area contributed by atoms with Gasteiger partial charge >= 0.3 is 0 Å². The molecular formula is C13H25N3. The van der Waals surface area contributed by atoms with Gasteiger partial charge in [-0.3, -0.25) is 4.68 Å². The fourth-order valence-electron chi connectivity index (χ4n) is 1.73. The minimum atomic E-state index is 0.618. The molecule has 1 heterocycles. The molecule has 0 radical (unpaired) electrons. The lowest BCUT2D eigenvalue weighted by Crippen LogP contribution is -2.23. The number of rotatable bonds is 8. The fraction of sp³-hybridized carbons (Fsp3) is 0.769. The lowest BCUT2D eigenvalue weighted by atomic mass is 10.2. The van der Waals surface area contributed by atoms with Gasteiger partial charge < -0.3 is 5.32 Å². The molecule has 1 aromatic rings. The van der Waals surface area contributed by atoms with Gasteiger partial charge in [0.25, 0.3) is 0 Å². The van der Waals surface area contributed by atoms with E-state index in [2.05, 4.69) is 36.5 Å². The first-order valence-electron chi connectivity index (χ1n) is 6.42. The molecule has 0 atom stereocenters. The number of hydrogen-bond donors (Lipinski definition) is 1. The Hall–Kier alpha value is -0.830. The average Bonchev–Trinajstić information content (AvgIpc) is 2.62. The van der Waals surface area contributed by atoms with Crippen molar-refractivity contribution < 1.29 is 0 Å². The molecular weight excluding hydrogens is 198 g/mol. The third kappa shape index (κ3) is 5.91. The molecule has 0 unspecified atom stereocenters. The highest BCUT2D eigenvalue weighted by molar-refractivity contribution is 4.94. The van der Waals surface area contributed by atoms with Crippen molar-refractivity contribution in [1.82, 2.24) is 15.1 Å². The summed E-state index contributed by atoms with van der Waals surface area (Å²) in [4.78, 5) is 0. The highest BCUT2D eigenvalue weighted by Gasteiger charge is 1.95. The van der Waals surface area contributed by atoms with Crippen LogP contribution < -0.4 is 5.32 Å². The molecule has 0 aliphatic carbocycles. The van der Waals surface area contributed by atoms with Gasteiger partial charge in [0.05, 0.1) is 5.69 Å². The standard InChI is InChI=1S/C13H25N3/c1-12(2)14-9-6-4-5-7-10-16-11-8-13(3)15-16/h8,11-12,14H,4-7,9-10H2,1-3H3. The lowest BCUT2D eigenvalue weighted by Gasteiger charge is -2.07. The molecule has 0 saturated carbocycles. The van der Waals surface area contributed by atoms with Crippen molar-refractivity contribution in [2.45, 2.75) is 59.0 Å². The molecule has 1 aromatic heterocycles. The Morgan fingerprint density at radius 2 is 2.00 bits per heavy atom. The van der Waals surface area contributed by atoms with Gasteiger partial charge in [-0.25, -0.2) is 0 Å². The maximum Gasteiger partial charge on any atom is 0.0593 e. The van der Waals surface area contributed by atoms with Crippen molar-refractivity contribution in [3.63, 3.8) is 0 Å². The molecule has 0 bridgehead atoms. The van der Waals surface area contributed by atoms with E-state index in [1.54, 1.807) is 0 Å². The van der Waals surface area contributed by atoms with E-state index in [0.717, 1.165) is 18.8 Å². The normalized spacial score (nSPS) is 11.2. The quantitative estimate of drug-likeness (QED) is 0.687. The Bertz CT molecular complexity index is 278. The van der Waals surface area contributed by atoms with Crippen molar-refractivity contribution in [1.29, 1.82) is 0 Å². The van der Waals surface area contributed by atoms with Crippen molar-refractivity contribution in [3.05, 3.63) is 18.0 Å². The molecule has 16 heavy (non-hydrogen) atoms. The Kier molecular flexibility index (Phi) is 6.16. The molecule has 3 heteroatoms. The van der Waals surface area contributed by atoms with Crippen molar-refractivity contribution >= 4 is 0 Å². The average molecular weight is 223 g/mol. The van der Waals surface area contributed by atoms with Crippen LogP contribution in [0.4, 0.5) is 0 Å². The van der Waals surface area contributed by atoms with Gasteiger partial charge in [-0.2, -0.15) is 5.10 Å². The van der Waals surface area contributed by atoms with E-state index in [1.807, 2.05) is 11.6 Å². The topological polar surface area (TPSA) is 29.9 Å². The first-order chi connectivity index (χ1) is 7.68. The van der Waals surface area contributed by atoms with Crippen LogP contribution in [0.5, 0.6) is 0 Å². The molecule has 3 nitrogen and oxygen atoms in total. The summed E-state index contributed by atoms with van der Waals surface area (Å²) >= 11 is 0. The van der Waals surface area contributed by atoms with Crippen LogP contribution in [0.15, 0.2) is 12.3 Å². The summed E-state index contributed by atoms with van der Waals surface area (Å²) in [5.41, 5.74) is 1.11. The Morgan fingerprint density at radius 1 is 1.25 bits per heavy atom. The molecule has 1 rings (SSSR count). The molecule has 0 aromatic carbocycles. The Morgan fingerprint density at radius 3 is 2.62 bits per heavy atom. The van der Waals surface area contributed by atoms with Crippen LogP contribution >= 0.6 is 0 Å². The van der Waals surface area contributed by atoms with E-state index in [9.17, 15) is 0 Å². The summed E-state index contributed by atoms with van der Waals surface area (Å²) in [7, 11) is 0. The first kappa shape index (κ1) is 13.2. The molecule has 0 aliphatic rings. The number of aryl methyl sites for hydroxylation is 2. The maximum absolute atomic E-state index is 4.37. The zero-order valence-corrected chi connectivity index (χ0v) is 10.9. The highest BCUT2D eigenvalue weighted by atomic mass is 15.3. The zero-order chi connectivity index (χ0) is 11.8. The van der Waals surface area contributed by atoms with Crippen LogP contribution in [0.1, 0.15) is 45.2 Å². The van der Waals surface area contributed by atoms with Gasteiger partial charge in [0.1, 0.15) is 0 Å². The largest absolute Gasteiger partial charge is 0.315 e. The molecule has 0 saturated heterocycles. The third-order valence-corrected chi connectivity index (χ3v) is 2.64. The number of aromatic nitrogens is 2. The monoisotopic (exact) mass is 223 g/mol. The lowest BCUT2D eigenvalue weighted by molar-refractivity contribution is 0.509. The summed E-state index contributed by atoms with van der Waals surface area (Å²) in [5.74, 6) is 0. The Balaban J connectivity index is 1.92. The second kappa shape index (κ2) is 7.44. The van der Waals surface area contributed by atoms with E-state index in [0.29, 0.717) is 6.04 Å². The van der Waals surface area contributed by atoms with Crippen LogP contribution in [0, 0.1) is 6.92 Å². The van der Waals surface area contributed by atoms with E-state index < -0.39 is 0 Å². The Labute approximate surface area is 99.2 Å². The van der Waals surface area contributed by atoms with E-state index in [1.165, 1.54) is 25.7 Å². The second-order valence-electron chi connectivity index (χ2n) is 4.74. The molecule has 0 amide bonds. The summed E-state index contributed by atoms with van der Waals surface area (Å²) in [6, 6.07) is 2.68. The number of nitrogens with one attached hydrogen (secondary N) is 1. The van der Waals surface area contributed by atoms with E-state index >= 15 is 0 Å². The minimum Gasteiger partial charge on any atom is -0.315 e. The number of hydrogen-bond acceptors (Lipinski definition) is 2. The second-order valence-corrected chi connectivity index (χ2v) is 4.74. The van der Waals surface area contributed by atoms with Crippen LogP contribution in [0.3, 0.4) is 0 Å². The SMILES string of the molecule is Cc1ccn(CCCCCCNC(C)C)n1. The van der Waals surface area contributed by atoms with Gasteiger partial charge in [-0.05, 0) is 32.4 Å². The molecule has 1 N–H and O–H groups in total. The summed E-state index contributed by atoms with van der Waals surface area (Å²) in [6.07, 6.45) is 7.22. The smallest absolute Gasteiger partial charge is 0.0593 e. The summed E-state index contributed by atoms with van der Waals surface area (Å²) in [5, 5.41) is 7.81. The van der Waals surface area contributed by atoms with Gasteiger partial charge in [0.2, 0.25) is 0 Å². The van der Waals surface area contributed by atoms with Crippen molar-refractivity contribution in [3.8, 4) is 0 Å². The van der Waals surface area contributed by atoms with Crippen LogP contribution in [0.25, 0.3) is 0 Å². The van der Waals surface area contributed by atoms with E-state index in [-0.39, 0.29) is 0 Å². The minimum absolute atomic E-state index is 0.618.